The number of hydrogen-bond donors (Lipinski definition) is 0. The highest BCUT2D eigenvalue weighted by molar-refractivity contribution is 8.00. The molecule has 1 aliphatic rings. The maximum absolute atomic E-state index is 10.3. The van der Waals surface area contributed by atoms with Gasteiger partial charge in [0.25, 0.3) is 0 Å². The van der Waals surface area contributed by atoms with Crippen molar-refractivity contribution in [3.05, 3.63) is 0 Å². The molecule has 0 aromatic rings. The van der Waals surface area contributed by atoms with E-state index in [9.17, 15) is 4.79 Å². The van der Waals surface area contributed by atoms with Crippen molar-refractivity contribution in [1.29, 1.82) is 0 Å². The number of carbonyl (C=O) groups is 1. The molecule has 0 heterocycles. The molecule has 0 spiro atoms. The molecule has 0 bridgehead atoms. The van der Waals surface area contributed by atoms with Crippen molar-refractivity contribution in [1.82, 2.24) is 0 Å². The van der Waals surface area contributed by atoms with Gasteiger partial charge in [-0.15, -0.1) is 11.8 Å². The van der Waals surface area contributed by atoms with Gasteiger partial charge in [0.1, 0.15) is 0 Å². The summed E-state index contributed by atoms with van der Waals surface area (Å²) in [7, 11) is 0. The van der Waals surface area contributed by atoms with Crippen LogP contribution in [0.5, 0.6) is 0 Å². The summed E-state index contributed by atoms with van der Waals surface area (Å²) < 4.78 is 0. The van der Waals surface area contributed by atoms with Crippen molar-refractivity contribution in [2.45, 2.75) is 30.9 Å². The average molecular weight is 179 g/mol. The highest BCUT2D eigenvalue weighted by Gasteiger charge is 2.15. The van der Waals surface area contributed by atoms with E-state index < -0.39 is 0 Å². The summed E-state index contributed by atoms with van der Waals surface area (Å²) >= 11 is 6.91. The second-order valence-electron chi connectivity index (χ2n) is 2.57. The molecule has 0 atom stereocenters. The topological polar surface area (TPSA) is 17.1 Å². The predicted molar refractivity (Wildman–Crippen MR) is 45.6 cm³/mol. The Bertz CT molecular complexity index is 121. The van der Waals surface area contributed by atoms with Crippen molar-refractivity contribution in [3.8, 4) is 0 Å². The summed E-state index contributed by atoms with van der Waals surface area (Å²) in [5, 5.41) is 0.500. The van der Waals surface area contributed by atoms with E-state index >= 15 is 0 Å². The van der Waals surface area contributed by atoms with E-state index in [1.165, 1.54) is 25.7 Å². The smallest absolute Gasteiger partial charge is 0.231 e. The molecule has 10 heavy (non-hydrogen) atoms. The maximum Gasteiger partial charge on any atom is 0.231 e. The van der Waals surface area contributed by atoms with Gasteiger partial charge in [-0.3, -0.25) is 4.79 Å². The SMILES string of the molecule is O=C(Cl)CSC1CCCC1. The van der Waals surface area contributed by atoms with Gasteiger partial charge in [0.15, 0.2) is 0 Å². The van der Waals surface area contributed by atoms with Crippen molar-refractivity contribution < 1.29 is 4.79 Å². The third kappa shape index (κ3) is 2.93. The first kappa shape index (κ1) is 8.41. The lowest BCUT2D eigenvalue weighted by Crippen LogP contribution is -1.99. The molecule has 1 rings (SSSR count). The first-order valence-electron chi connectivity index (χ1n) is 3.59. The number of hydrogen-bond acceptors (Lipinski definition) is 2. The average Bonchev–Trinajstić information content (AvgIpc) is 2.34. The van der Waals surface area contributed by atoms with Crippen LogP contribution in [-0.4, -0.2) is 16.2 Å². The van der Waals surface area contributed by atoms with Crippen LogP contribution in [0.15, 0.2) is 0 Å². The van der Waals surface area contributed by atoms with Crippen LogP contribution in [0.4, 0.5) is 0 Å². The van der Waals surface area contributed by atoms with Gasteiger partial charge < -0.3 is 0 Å². The van der Waals surface area contributed by atoms with Gasteiger partial charge in [0.05, 0.1) is 5.75 Å². The summed E-state index contributed by atoms with van der Waals surface area (Å²) in [4.78, 5) is 10.3. The van der Waals surface area contributed by atoms with Crippen molar-refractivity contribution in [2.75, 3.05) is 5.75 Å². The Morgan fingerprint density at radius 3 is 2.60 bits per heavy atom. The first-order valence-corrected chi connectivity index (χ1v) is 5.01. The van der Waals surface area contributed by atoms with Gasteiger partial charge >= 0.3 is 0 Å². The lowest BCUT2D eigenvalue weighted by Gasteiger charge is -2.04. The van der Waals surface area contributed by atoms with Gasteiger partial charge in [0, 0.05) is 5.25 Å². The molecule has 0 amide bonds. The number of carbonyl (C=O) groups excluding carboxylic acids is 1. The van der Waals surface area contributed by atoms with E-state index in [1.807, 2.05) is 0 Å². The highest BCUT2D eigenvalue weighted by atomic mass is 35.5. The van der Waals surface area contributed by atoms with E-state index in [1.54, 1.807) is 11.8 Å². The first-order chi connectivity index (χ1) is 4.79. The normalized spacial score (nSPS) is 19.7. The molecular formula is C7H11ClOS. The Hall–Kier alpha value is 0.310. The molecule has 0 aromatic carbocycles. The van der Waals surface area contributed by atoms with Crippen LogP contribution in [0.3, 0.4) is 0 Å². The van der Waals surface area contributed by atoms with Crippen LogP contribution in [0.1, 0.15) is 25.7 Å². The zero-order valence-corrected chi connectivity index (χ0v) is 7.38. The fourth-order valence-electron chi connectivity index (χ4n) is 1.24. The Labute approximate surface area is 70.5 Å². The zero-order valence-electron chi connectivity index (χ0n) is 5.81. The molecule has 1 aliphatic carbocycles. The zero-order chi connectivity index (χ0) is 7.40. The third-order valence-corrected chi connectivity index (χ3v) is 3.40. The van der Waals surface area contributed by atoms with Crippen molar-refractivity contribution in [2.24, 2.45) is 0 Å². The second-order valence-corrected chi connectivity index (χ2v) is 4.28. The molecule has 0 unspecified atom stereocenters. The fourth-order valence-corrected chi connectivity index (χ4v) is 2.46. The van der Waals surface area contributed by atoms with E-state index in [2.05, 4.69) is 0 Å². The van der Waals surface area contributed by atoms with Crippen LogP contribution in [0, 0.1) is 0 Å². The van der Waals surface area contributed by atoms with Crippen LogP contribution in [0.2, 0.25) is 0 Å². The van der Waals surface area contributed by atoms with E-state index in [0.29, 0.717) is 11.0 Å². The van der Waals surface area contributed by atoms with Crippen molar-refractivity contribution >= 4 is 28.6 Å². The van der Waals surface area contributed by atoms with Crippen molar-refractivity contribution in [3.63, 3.8) is 0 Å². The summed E-state index contributed by atoms with van der Waals surface area (Å²) in [6.45, 7) is 0. The molecule has 0 radical (unpaired) electrons. The minimum atomic E-state index is -0.211. The van der Waals surface area contributed by atoms with Crippen LogP contribution in [0.25, 0.3) is 0 Å². The molecule has 1 saturated carbocycles. The van der Waals surface area contributed by atoms with Gasteiger partial charge in [-0.05, 0) is 24.4 Å². The van der Waals surface area contributed by atoms with E-state index in [0.717, 1.165) is 0 Å². The summed E-state index contributed by atoms with van der Waals surface area (Å²) in [5.74, 6) is 0.492. The van der Waals surface area contributed by atoms with E-state index in [-0.39, 0.29) is 5.24 Å². The molecule has 3 heteroatoms. The van der Waals surface area contributed by atoms with Gasteiger partial charge in [-0.2, -0.15) is 0 Å². The predicted octanol–water partition coefficient (Wildman–Crippen LogP) is 2.43. The minimum absolute atomic E-state index is 0.211. The second kappa shape index (κ2) is 4.24. The largest absolute Gasteiger partial charge is 0.280 e. The third-order valence-electron chi connectivity index (χ3n) is 1.73. The molecule has 58 valence electrons. The van der Waals surface area contributed by atoms with Crippen LogP contribution >= 0.6 is 23.4 Å². The Morgan fingerprint density at radius 2 is 2.10 bits per heavy atom. The standard InChI is InChI=1S/C7H11ClOS/c8-7(9)5-10-6-3-1-2-4-6/h6H,1-5H2. The number of rotatable bonds is 3. The quantitative estimate of drug-likeness (QED) is 0.618. The minimum Gasteiger partial charge on any atom is -0.280 e. The molecule has 1 nitrogen and oxygen atoms in total. The van der Waals surface area contributed by atoms with Crippen LogP contribution < -0.4 is 0 Å². The van der Waals surface area contributed by atoms with E-state index in [4.69, 9.17) is 11.6 Å². The van der Waals surface area contributed by atoms with Gasteiger partial charge in [0.2, 0.25) is 5.24 Å². The molecule has 0 N–H and O–H groups in total. The fraction of sp³-hybridized carbons (Fsp3) is 0.857. The van der Waals surface area contributed by atoms with Gasteiger partial charge in [-0.25, -0.2) is 0 Å². The molecule has 1 fully saturated rings. The highest BCUT2D eigenvalue weighted by Crippen LogP contribution is 2.29. The molecule has 0 saturated heterocycles. The molecule has 0 aromatic heterocycles. The summed E-state index contributed by atoms with van der Waals surface area (Å²) in [6, 6.07) is 0. The molecule has 0 aliphatic heterocycles. The van der Waals surface area contributed by atoms with Crippen LogP contribution in [-0.2, 0) is 4.79 Å². The Balaban J connectivity index is 2.07. The lowest BCUT2D eigenvalue weighted by molar-refractivity contribution is -0.109. The Morgan fingerprint density at radius 1 is 1.50 bits per heavy atom. The Kier molecular flexibility index (Phi) is 3.57. The molecular weight excluding hydrogens is 168 g/mol. The summed E-state index contributed by atoms with van der Waals surface area (Å²) in [6.07, 6.45) is 5.20. The lowest BCUT2D eigenvalue weighted by atomic mass is 10.4. The summed E-state index contributed by atoms with van der Waals surface area (Å²) in [5.41, 5.74) is 0. The van der Waals surface area contributed by atoms with Gasteiger partial charge in [-0.1, -0.05) is 12.8 Å². The number of thioether (sulfide) groups is 1. The number of halogens is 1. The monoisotopic (exact) mass is 178 g/mol. The maximum atomic E-state index is 10.3.